The molecule has 5 nitrogen and oxygen atoms in total. The first-order chi connectivity index (χ1) is 13.0. The van der Waals surface area contributed by atoms with Crippen LogP contribution in [0.5, 0.6) is 0 Å². The van der Waals surface area contributed by atoms with Crippen LogP contribution in [0, 0.1) is 11.8 Å². The summed E-state index contributed by atoms with van der Waals surface area (Å²) < 4.78 is 0. The highest BCUT2D eigenvalue weighted by Gasteiger charge is 2.39. The number of aliphatic carboxylic acids is 1. The molecule has 0 aromatic rings. The second kappa shape index (κ2) is 13.2. The molecule has 0 unspecified atom stereocenters. The first-order valence-electron chi connectivity index (χ1n) is 9.69. The van der Waals surface area contributed by atoms with Gasteiger partial charge in [-0.2, -0.15) is 0 Å². The van der Waals surface area contributed by atoms with E-state index < -0.39 is 18.2 Å². The van der Waals surface area contributed by atoms with E-state index in [1.165, 1.54) is 0 Å². The van der Waals surface area contributed by atoms with Crippen LogP contribution in [-0.4, -0.2) is 39.3 Å². The van der Waals surface area contributed by atoms with Gasteiger partial charge in [-0.1, -0.05) is 55.5 Å². The average molecular weight is 376 g/mol. The number of carboxylic acid groups (broad SMARTS) is 1. The zero-order valence-corrected chi connectivity index (χ0v) is 16.0. The maximum absolute atomic E-state index is 12.0. The van der Waals surface area contributed by atoms with Crippen LogP contribution >= 0.6 is 0 Å². The molecular weight excluding hydrogens is 344 g/mol. The molecule has 0 saturated heterocycles. The van der Waals surface area contributed by atoms with Gasteiger partial charge < -0.3 is 15.3 Å². The highest BCUT2D eigenvalue weighted by atomic mass is 16.4. The van der Waals surface area contributed by atoms with Gasteiger partial charge >= 0.3 is 5.97 Å². The summed E-state index contributed by atoms with van der Waals surface area (Å²) >= 11 is 0. The van der Waals surface area contributed by atoms with Crippen molar-refractivity contribution in [3.8, 4) is 0 Å². The largest absolute Gasteiger partial charge is 0.481 e. The molecule has 1 aliphatic rings. The van der Waals surface area contributed by atoms with E-state index in [2.05, 4.69) is 0 Å². The van der Waals surface area contributed by atoms with Gasteiger partial charge in [-0.05, 0) is 32.1 Å². The van der Waals surface area contributed by atoms with Crippen LogP contribution in [0.1, 0.15) is 51.9 Å². The van der Waals surface area contributed by atoms with Crippen LogP contribution < -0.4 is 0 Å². The first kappa shape index (κ1) is 23.1. The lowest BCUT2D eigenvalue weighted by Gasteiger charge is -2.16. The van der Waals surface area contributed by atoms with Gasteiger partial charge in [0, 0.05) is 24.7 Å². The smallest absolute Gasteiger partial charge is 0.303 e. The third-order valence-electron chi connectivity index (χ3n) is 4.59. The lowest BCUT2D eigenvalue weighted by Crippen LogP contribution is -2.18. The van der Waals surface area contributed by atoms with Crippen molar-refractivity contribution >= 4 is 11.8 Å². The summed E-state index contributed by atoms with van der Waals surface area (Å²) in [6.45, 7) is 2.04. The van der Waals surface area contributed by atoms with Gasteiger partial charge in [0.05, 0.1) is 12.2 Å². The van der Waals surface area contributed by atoms with Gasteiger partial charge in [0.1, 0.15) is 5.78 Å². The Morgan fingerprint density at radius 1 is 1.19 bits per heavy atom. The van der Waals surface area contributed by atoms with Crippen molar-refractivity contribution in [2.24, 2.45) is 11.8 Å². The molecule has 4 atom stereocenters. The fourth-order valence-electron chi connectivity index (χ4n) is 3.10. The number of carbonyl (C=O) groups excluding carboxylic acids is 1. The molecule has 0 spiro atoms. The Kier molecular flexibility index (Phi) is 11.3. The third-order valence-corrected chi connectivity index (χ3v) is 4.59. The van der Waals surface area contributed by atoms with Gasteiger partial charge in [0.15, 0.2) is 0 Å². The Hall–Kier alpha value is -1.98. The summed E-state index contributed by atoms with van der Waals surface area (Å²) in [5.41, 5.74) is 0. The van der Waals surface area contributed by atoms with Gasteiger partial charge in [-0.25, -0.2) is 0 Å². The molecule has 1 saturated carbocycles. The molecule has 0 aliphatic heterocycles. The minimum absolute atomic E-state index is 0.0852. The number of aliphatic hydroxyl groups excluding tert-OH is 2. The number of allylic oxidation sites excluding steroid dienone is 5. The zero-order valence-electron chi connectivity index (χ0n) is 16.0. The Labute approximate surface area is 161 Å². The molecule has 1 aliphatic carbocycles. The van der Waals surface area contributed by atoms with Crippen molar-refractivity contribution in [1.29, 1.82) is 0 Å². The molecule has 0 aromatic carbocycles. The van der Waals surface area contributed by atoms with E-state index in [1.54, 1.807) is 12.2 Å². The standard InChI is InChI=1S/C22H32O5/c1-2-3-8-12-18-19(21(25)16-20(18)24)15-14-17(23)11-9-6-4-5-7-10-13-22(26)27/h3,5-9,14-15,17-19,21,23,25H,2,4,10-13,16H2,1H3,(H,26,27)/b7-5-,8-3-,9-6-,15-14+/t17-,18-,19-,21+/m1/s1. The second-order valence-electron chi connectivity index (χ2n) is 6.84. The topological polar surface area (TPSA) is 94.8 Å². The minimum atomic E-state index is -0.803. The van der Waals surface area contributed by atoms with E-state index in [1.807, 2.05) is 43.4 Å². The number of hydrogen-bond donors (Lipinski definition) is 3. The van der Waals surface area contributed by atoms with E-state index in [4.69, 9.17) is 5.11 Å². The normalized spacial score (nSPS) is 24.9. The fraction of sp³-hybridized carbons (Fsp3) is 0.545. The minimum Gasteiger partial charge on any atom is -0.481 e. The Morgan fingerprint density at radius 2 is 1.93 bits per heavy atom. The Bertz CT molecular complexity index is 573. The number of aliphatic hydroxyl groups is 2. The molecule has 150 valence electrons. The highest BCUT2D eigenvalue weighted by molar-refractivity contribution is 5.84. The van der Waals surface area contributed by atoms with Crippen molar-refractivity contribution in [1.82, 2.24) is 0 Å². The molecule has 0 bridgehead atoms. The summed E-state index contributed by atoms with van der Waals surface area (Å²) in [6, 6.07) is 0. The van der Waals surface area contributed by atoms with Crippen LogP contribution in [0.25, 0.3) is 0 Å². The van der Waals surface area contributed by atoms with Crippen LogP contribution in [0.4, 0.5) is 0 Å². The van der Waals surface area contributed by atoms with Crippen LogP contribution in [0.15, 0.2) is 48.6 Å². The Morgan fingerprint density at radius 3 is 2.63 bits per heavy atom. The van der Waals surface area contributed by atoms with Crippen molar-refractivity contribution in [2.45, 2.75) is 64.1 Å². The van der Waals surface area contributed by atoms with E-state index in [-0.39, 0.29) is 30.5 Å². The summed E-state index contributed by atoms with van der Waals surface area (Å²) in [7, 11) is 0. The molecule has 3 N–H and O–H groups in total. The number of carboxylic acids is 1. The predicted molar refractivity (Wildman–Crippen MR) is 106 cm³/mol. The molecule has 0 amide bonds. The van der Waals surface area contributed by atoms with Gasteiger partial charge in [0.2, 0.25) is 0 Å². The van der Waals surface area contributed by atoms with Crippen LogP contribution in [0.3, 0.4) is 0 Å². The fourth-order valence-corrected chi connectivity index (χ4v) is 3.10. The van der Waals surface area contributed by atoms with Gasteiger partial charge in [-0.15, -0.1) is 0 Å². The van der Waals surface area contributed by atoms with Crippen molar-refractivity contribution in [3.05, 3.63) is 48.6 Å². The molecule has 5 heteroatoms. The van der Waals surface area contributed by atoms with E-state index in [9.17, 15) is 19.8 Å². The van der Waals surface area contributed by atoms with Crippen LogP contribution in [0.2, 0.25) is 0 Å². The Balaban J connectivity index is 2.40. The van der Waals surface area contributed by atoms with Gasteiger partial charge in [0.25, 0.3) is 0 Å². The SMILES string of the molecule is CC/C=C\C[C@H]1C(=O)C[C@H](O)[C@@H]1/C=C/[C@H](O)C/C=C\C/C=C\CCC(=O)O. The van der Waals surface area contributed by atoms with E-state index in [0.717, 1.165) is 6.42 Å². The lowest BCUT2D eigenvalue weighted by atomic mass is 9.90. The first-order valence-corrected chi connectivity index (χ1v) is 9.69. The molecule has 1 rings (SSSR count). The predicted octanol–water partition coefficient (Wildman–Crippen LogP) is 3.58. The van der Waals surface area contributed by atoms with Crippen LogP contribution in [-0.2, 0) is 9.59 Å². The number of ketones is 1. The molecular formula is C22H32O5. The lowest BCUT2D eigenvalue weighted by molar-refractivity contribution is -0.136. The van der Waals surface area contributed by atoms with Gasteiger partial charge in [-0.3, -0.25) is 9.59 Å². The highest BCUT2D eigenvalue weighted by Crippen LogP contribution is 2.33. The molecule has 0 heterocycles. The molecule has 0 aromatic heterocycles. The number of carbonyl (C=O) groups is 2. The number of rotatable bonds is 12. The summed E-state index contributed by atoms with van der Waals surface area (Å²) in [4.78, 5) is 22.4. The van der Waals surface area contributed by atoms with Crippen molar-refractivity contribution in [3.63, 3.8) is 0 Å². The average Bonchev–Trinajstić information content (AvgIpc) is 2.88. The molecule has 27 heavy (non-hydrogen) atoms. The monoisotopic (exact) mass is 376 g/mol. The third kappa shape index (κ3) is 9.50. The maximum atomic E-state index is 12.0. The quantitative estimate of drug-likeness (QED) is 0.453. The zero-order chi connectivity index (χ0) is 20.1. The van der Waals surface area contributed by atoms with Crippen molar-refractivity contribution in [2.75, 3.05) is 0 Å². The van der Waals surface area contributed by atoms with E-state index >= 15 is 0 Å². The number of Topliss-reactive ketones (excluding diaryl/α,β-unsaturated/α-hetero) is 1. The summed E-state index contributed by atoms with van der Waals surface area (Å²) in [6.07, 6.45) is 17.2. The number of hydrogen-bond acceptors (Lipinski definition) is 4. The molecule has 0 radical (unpaired) electrons. The summed E-state index contributed by atoms with van der Waals surface area (Å²) in [5.74, 6) is -1.17. The van der Waals surface area contributed by atoms with E-state index in [0.29, 0.717) is 25.7 Å². The second-order valence-corrected chi connectivity index (χ2v) is 6.84. The molecule has 1 fully saturated rings. The summed E-state index contributed by atoms with van der Waals surface area (Å²) in [5, 5.41) is 28.7. The van der Waals surface area contributed by atoms with Crippen molar-refractivity contribution < 1.29 is 24.9 Å². The maximum Gasteiger partial charge on any atom is 0.303 e.